The van der Waals surface area contributed by atoms with E-state index in [0.717, 1.165) is 17.5 Å². The Morgan fingerprint density at radius 2 is 2.00 bits per heavy atom. The van der Waals surface area contributed by atoms with Crippen molar-refractivity contribution < 1.29 is 14.5 Å². The lowest BCUT2D eigenvalue weighted by molar-refractivity contribution is -0.384. The highest BCUT2D eigenvalue weighted by Gasteiger charge is 2.12. The van der Waals surface area contributed by atoms with Crippen LogP contribution in [0.3, 0.4) is 0 Å². The van der Waals surface area contributed by atoms with E-state index in [1.165, 1.54) is 12.1 Å². The van der Waals surface area contributed by atoms with Crippen molar-refractivity contribution in [2.24, 2.45) is 0 Å². The number of carbonyl (C=O) groups excluding carboxylic acids is 1. The van der Waals surface area contributed by atoms with Gasteiger partial charge in [-0.1, -0.05) is 31.2 Å². The Bertz CT molecular complexity index is 728. The Morgan fingerprint density at radius 1 is 1.26 bits per heavy atom. The van der Waals surface area contributed by atoms with Crippen LogP contribution in [0.2, 0.25) is 0 Å². The van der Waals surface area contributed by atoms with Crippen molar-refractivity contribution in [1.82, 2.24) is 0 Å². The van der Waals surface area contributed by atoms with E-state index in [1.807, 2.05) is 31.2 Å². The molecule has 0 heterocycles. The summed E-state index contributed by atoms with van der Waals surface area (Å²) >= 11 is 0. The number of benzene rings is 2. The lowest BCUT2D eigenvalue weighted by Gasteiger charge is -2.11. The van der Waals surface area contributed by atoms with E-state index in [-0.39, 0.29) is 18.2 Å². The molecule has 0 fully saturated rings. The fraction of sp³-hybridized carbons (Fsp3) is 0.235. The summed E-state index contributed by atoms with van der Waals surface area (Å²) in [6.45, 7) is 3.63. The first-order valence-corrected chi connectivity index (χ1v) is 7.27. The molecule has 2 rings (SSSR count). The molecule has 1 N–H and O–H groups in total. The molecule has 2 aromatic rings. The summed E-state index contributed by atoms with van der Waals surface area (Å²) in [5.74, 6) is 0.306. The fourth-order valence-electron chi connectivity index (χ4n) is 2.12. The van der Waals surface area contributed by atoms with Gasteiger partial charge < -0.3 is 10.1 Å². The Balaban J connectivity index is 2.02. The third kappa shape index (κ3) is 4.29. The molecule has 0 spiro atoms. The zero-order chi connectivity index (χ0) is 16.8. The Morgan fingerprint density at radius 3 is 2.70 bits per heavy atom. The van der Waals surface area contributed by atoms with E-state index in [9.17, 15) is 14.9 Å². The largest absolute Gasteiger partial charge is 0.483 e. The van der Waals surface area contributed by atoms with Gasteiger partial charge in [0, 0.05) is 12.1 Å². The summed E-state index contributed by atoms with van der Waals surface area (Å²) in [5, 5.41) is 13.4. The number of anilines is 1. The molecule has 0 bridgehead atoms. The number of para-hydroxylation sites is 1. The minimum Gasteiger partial charge on any atom is -0.483 e. The van der Waals surface area contributed by atoms with E-state index < -0.39 is 4.92 Å². The molecule has 0 aromatic heterocycles. The molecule has 6 nitrogen and oxygen atoms in total. The molecule has 23 heavy (non-hydrogen) atoms. The molecule has 120 valence electrons. The zero-order valence-electron chi connectivity index (χ0n) is 13.0. The van der Waals surface area contributed by atoms with Crippen LogP contribution in [0.4, 0.5) is 11.4 Å². The number of aryl methyl sites for hydroxylation is 2. The van der Waals surface area contributed by atoms with Crippen molar-refractivity contribution >= 4 is 17.3 Å². The number of amides is 1. The summed E-state index contributed by atoms with van der Waals surface area (Å²) in [6.07, 6.45) is 0.807. The molecule has 0 aliphatic rings. The fourth-order valence-corrected chi connectivity index (χ4v) is 2.12. The Hall–Kier alpha value is -2.89. The maximum absolute atomic E-state index is 12.0. The van der Waals surface area contributed by atoms with Crippen molar-refractivity contribution in [2.45, 2.75) is 20.3 Å². The molecule has 2 aromatic carbocycles. The number of nitrogens with zero attached hydrogens (tertiary/aromatic N) is 1. The summed E-state index contributed by atoms with van der Waals surface area (Å²) in [5.41, 5.74) is 2.12. The smallest absolute Gasteiger partial charge is 0.271 e. The molecule has 0 aliphatic heterocycles. The van der Waals surface area contributed by atoms with Gasteiger partial charge in [0.25, 0.3) is 11.6 Å². The lowest BCUT2D eigenvalue weighted by atomic mass is 10.1. The van der Waals surface area contributed by atoms with Crippen LogP contribution < -0.4 is 10.1 Å². The molecule has 0 atom stereocenters. The monoisotopic (exact) mass is 314 g/mol. The molecule has 0 aliphatic carbocycles. The van der Waals surface area contributed by atoms with E-state index >= 15 is 0 Å². The SMILES string of the molecule is CCc1ccccc1OCC(=O)Nc1cc([N+](=O)[O-])ccc1C. The van der Waals surface area contributed by atoms with Gasteiger partial charge in [-0.2, -0.15) is 0 Å². The molecule has 6 heteroatoms. The summed E-state index contributed by atoms with van der Waals surface area (Å²) in [7, 11) is 0. The molecule has 0 saturated carbocycles. The van der Waals surface area contributed by atoms with Gasteiger partial charge in [-0.25, -0.2) is 0 Å². The molecule has 0 radical (unpaired) electrons. The average Bonchev–Trinajstić information content (AvgIpc) is 2.55. The molecule has 1 amide bonds. The number of ether oxygens (including phenoxy) is 1. The predicted molar refractivity (Wildman–Crippen MR) is 87.8 cm³/mol. The third-order valence-corrected chi connectivity index (χ3v) is 3.42. The number of nitro groups is 1. The number of nitro benzene ring substituents is 1. The number of carbonyl (C=O) groups is 1. The van der Waals surface area contributed by atoms with Crippen molar-refractivity contribution in [3.8, 4) is 5.75 Å². The lowest BCUT2D eigenvalue weighted by Crippen LogP contribution is -2.21. The summed E-state index contributed by atoms with van der Waals surface area (Å²) in [6, 6.07) is 11.9. The first-order chi connectivity index (χ1) is 11.0. The van der Waals surface area contributed by atoms with Crippen LogP contribution in [-0.2, 0) is 11.2 Å². The van der Waals surface area contributed by atoms with Gasteiger partial charge in [-0.05, 0) is 30.5 Å². The van der Waals surface area contributed by atoms with Gasteiger partial charge >= 0.3 is 0 Å². The Labute approximate surface area is 134 Å². The second kappa shape index (κ2) is 7.40. The number of non-ortho nitro benzene ring substituents is 1. The molecule has 0 unspecified atom stereocenters. The van der Waals surface area contributed by atoms with Crippen LogP contribution in [0.15, 0.2) is 42.5 Å². The van der Waals surface area contributed by atoms with Crippen molar-refractivity contribution in [2.75, 3.05) is 11.9 Å². The number of hydrogen-bond donors (Lipinski definition) is 1. The summed E-state index contributed by atoms with van der Waals surface area (Å²) < 4.78 is 5.53. The van der Waals surface area contributed by atoms with Crippen LogP contribution in [-0.4, -0.2) is 17.4 Å². The van der Waals surface area contributed by atoms with Crippen LogP contribution >= 0.6 is 0 Å². The van der Waals surface area contributed by atoms with E-state index in [1.54, 1.807) is 13.0 Å². The van der Waals surface area contributed by atoms with Gasteiger partial charge in [0.05, 0.1) is 10.6 Å². The van der Waals surface area contributed by atoms with Gasteiger partial charge in [0.2, 0.25) is 0 Å². The second-order valence-electron chi connectivity index (χ2n) is 5.05. The minimum atomic E-state index is -0.497. The van der Waals surface area contributed by atoms with Crippen LogP contribution in [0.25, 0.3) is 0 Å². The maximum Gasteiger partial charge on any atom is 0.271 e. The topological polar surface area (TPSA) is 81.5 Å². The average molecular weight is 314 g/mol. The van der Waals surface area contributed by atoms with Crippen LogP contribution in [0.5, 0.6) is 5.75 Å². The Kier molecular flexibility index (Phi) is 5.30. The highest BCUT2D eigenvalue weighted by atomic mass is 16.6. The first kappa shape index (κ1) is 16.5. The quantitative estimate of drug-likeness (QED) is 0.653. The highest BCUT2D eigenvalue weighted by Crippen LogP contribution is 2.22. The number of rotatable bonds is 6. The van der Waals surface area contributed by atoms with E-state index in [0.29, 0.717) is 11.4 Å². The highest BCUT2D eigenvalue weighted by molar-refractivity contribution is 5.93. The number of nitrogens with one attached hydrogen (secondary N) is 1. The predicted octanol–water partition coefficient (Wildman–Crippen LogP) is 3.48. The van der Waals surface area contributed by atoms with Crippen molar-refractivity contribution in [1.29, 1.82) is 0 Å². The minimum absolute atomic E-state index is 0.0665. The molecular formula is C17H18N2O4. The van der Waals surface area contributed by atoms with Gasteiger partial charge in [-0.3, -0.25) is 14.9 Å². The molecule has 0 saturated heterocycles. The van der Waals surface area contributed by atoms with Crippen LogP contribution in [0.1, 0.15) is 18.1 Å². The van der Waals surface area contributed by atoms with E-state index in [4.69, 9.17) is 4.74 Å². The summed E-state index contributed by atoms with van der Waals surface area (Å²) in [4.78, 5) is 22.3. The van der Waals surface area contributed by atoms with Gasteiger partial charge in [-0.15, -0.1) is 0 Å². The zero-order valence-corrected chi connectivity index (χ0v) is 13.0. The van der Waals surface area contributed by atoms with Crippen molar-refractivity contribution in [3.63, 3.8) is 0 Å². The number of hydrogen-bond acceptors (Lipinski definition) is 4. The van der Waals surface area contributed by atoms with Crippen molar-refractivity contribution in [3.05, 3.63) is 63.7 Å². The first-order valence-electron chi connectivity index (χ1n) is 7.27. The van der Waals surface area contributed by atoms with Gasteiger partial charge in [0.1, 0.15) is 5.75 Å². The standard InChI is InChI=1S/C17H18N2O4/c1-3-13-6-4-5-7-16(13)23-11-17(20)18-15-10-14(19(21)22)9-8-12(15)2/h4-10H,3,11H2,1-2H3,(H,18,20). The second-order valence-corrected chi connectivity index (χ2v) is 5.05. The van der Waals surface area contributed by atoms with Crippen LogP contribution in [0, 0.1) is 17.0 Å². The maximum atomic E-state index is 12.0. The van der Waals surface area contributed by atoms with Gasteiger partial charge in [0.15, 0.2) is 6.61 Å². The normalized spacial score (nSPS) is 10.2. The van der Waals surface area contributed by atoms with E-state index in [2.05, 4.69) is 5.32 Å². The molecular weight excluding hydrogens is 296 g/mol. The third-order valence-electron chi connectivity index (χ3n) is 3.42.